The van der Waals surface area contributed by atoms with Gasteiger partial charge in [0.2, 0.25) is 0 Å². The molecule has 0 aliphatic rings. The van der Waals surface area contributed by atoms with Gasteiger partial charge in [0.05, 0.1) is 6.61 Å². The molecule has 0 amide bonds. The second-order valence-corrected chi connectivity index (χ2v) is 5.58. The predicted octanol–water partition coefficient (Wildman–Crippen LogP) is 2.97. The summed E-state index contributed by atoms with van der Waals surface area (Å²) in [6.07, 6.45) is 2.10. The van der Waals surface area contributed by atoms with Crippen LogP contribution in [0.15, 0.2) is 24.3 Å². The number of ether oxygens (including phenoxy) is 1. The summed E-state index contributed by atoms with van der Waals surface area (Å²) in [4.78, 5) is 0. The molecule has 0 fully saturated rings. The monoisotopic (exact) mass is 265 g/mol. The summed E-state index contributed by atoms with van der Waals surface area (Å²) >= 11 is 0. The van der Waals surface area contributed by atoms with Gasteiger partial charge in [-0.3, -0.25) is 0 Å². The Labute approximate surface area is 117 Å². The number of phenolic OH excluding ortho intramolecular Hbond substituents is 1. The van der Waals surface area contributed by atoms with Crippen LogP contribution >= 0.6 is 0 Å². The molecule has 0 aliphatic heterocycles. The Balaban J connectivity index is 2.37. The van der Waals surface area contributed by atoms with Gasteiger partial charge in [-0.2, -0.15) is 0 Å². The fraction of sp³-hybridized carbons (Fsp3) is 0.625. The van der Waals surface area contributed by atoms with Crippen molar-refractivity contribution >= 4 is 0 Å². The quantitative estimate of drug-likeness (QED) is 0.759. The zero-order valence-corrected chi connectivity index (χ0v) is 12.5. The Morgan fingerprint density at radius 1 is 1.16 bits per heavy atom. The maximum atomic E-state index is 9.25. The van der Waals surface area contributed by atoms with E-state index in [0.29, 0.717) is 23.8 Å². The van der Waals surface area contributed by atoms with Gasteiger partial charge in [-0.15, -0.1) is 0 Å². The van der Waals surface area contributed by atoms with Gasteiger partial charge in [0.25, 0.3) is 0 Å². The summed E-state index contributed by atoms with van der Waals surface area (Å²) in [6.45, 7) is 7.39. The zero-order chi connectivity index (χ0) is 14.3. The van der Waals surface area contributed by atoms with Crippen molar-refractivity contribution in [3.63, 3.8) is 0 Å². The number of nitrogens with one attached hydrogen (secondary N) is 1. The lowest BCUT2D eigenvalue weighted by atomic mass is 10.0. The van der Waals surface area contributed by atoms with E-state index in [-0.39, 0.29) is 0 Å². The topological polar surface area (TPSA) is 41.5 Å². The Morgan fingerprint density at radius 3 is 2.32 bits per heavy atom. The molecule has 0 radical (unpaired) electrons. The minimum Gasteiger partial charge on any atom is -0.508 e. The number of hydrogen-bond donors (Lipinski definition) is 2. The Bertz CT molecular complexity index is 348. The van der Waals surface area contributed by atoms with Crippen molar-refractivity contribution in [2.45, 2.75) is 45.7 Å². The van der Waals surface area contributed by atoms with Crippen molar-refractivity contribution in [2.75, 3.05) is 13.7 Å². The summed E-state index contributed by atoms with van der Waals surface area (Å²) in [6, 6.07) is 8.31. The van der Waals surface area contributed by atoms with E-state index in [1.165, 1.54) is 5.56 Å². The molecule has 2 N–H and O–H groups in total. The van der Waals surface area contributed by atoms with Crippen molar-refractivity contribution in [1.82, 2.24) is 5.32 Å². The molecule has 1 rings (SSSR count). The largest absolute Gasteiger partial charge is 0.508 e. The van der Waals surface area contributed by atoms with Gasteiger partial charge in [0.15, 0.2) is 0 Å². The smallest absolute Gasteiger partial charge is 0.115 e. The highest BCUT2D eigenvalue weighted by Gasteiger charge is 2.15. The van der Waals surface area contributed by atoms with Gasteiger partial charge in [-0.1, -0.05) is 26.0 Å². The molecule has 108 valence electrons. The molecule has 0 saturated heterocycles. The molecule has 0 bridgehead atoms. The highest BCUT2D eigenvalue weighted by molar-refractivity contribution is 5.25. The average Bonchev–Trinajstić information content (AvgIpc) is 2.37. The Morgan fingerprint density at radius 2 is 1.79 bits per heavy atom. The summed E-state index contributed by atoms with van der Waals surface area (Å²) < 4.78 is 5.25. The molecule has 0 spiro atoms. The normalized spacial score (nSPS) is 14.6. The second kappa shape index (κ2) is 8.18. The van der Waals surface area contributed by atoms with Crippen LogP contribution < -0.4 is 5.32 Å². The van der Waals surface area contributed by atoms with E-state index in [4.69, 9.17) is 4.74 Å². The molecular weight excluding hydrogens is 238 g/mol. The van der Waals surface area contributed by atoms with Gasteiger partial charge in [-0.05, 0) is 43.4 Å². The SMILES string of the molecule is COCC(NC(C)CCc1ccc(O)cc1)C(C)C. The van der Waals surface area contributed by atoms with Crippen molar-refractivity contribution in [2.24, 2.45) is 5.92 Å². The Kier molecular flexibility index (Phi) is 6.89. The number of rotatable bonds is 8. The van der Waals surface area contributed by atoms with E-state index in [1.54, 1.807) is 19.2 Å². The highest BCUT2D eigenvalue weighted by Crippen LogP contribution is 2.12. The molecule has 1 aromatic rings. The minimum absolute atomic E-state index is 0.329. The minimum atomic E-state index is 0.329. The molecule has 0 saturated carbocycles. The first-order valence-corrected chi connectivity index (χ1v) is 7.05. The third-order valence-corrected chi connectivity index (χ3v) is 3.45. The second-order valence-electron chi connectivity index (χ2n) is 5.58. The first-order valence-electron chi connectivity index (χ1n) is 7.05. The van der Waals surface area contributed by atoms with Gasteiger partial charge >= 0.3 is 0 Å². The lowest BCUT2D eigenvalue weighted by Crippen LogP contribution is -2.43. The first kappa shape index (κ1) is 16.0. The van der Waals surface area contributed by atoms with E-state index in [9.17, 15) is 5.11 Å². The van der Waals surface area contributed by atoms with Crippen molar-refractivity contribution in [3.8, 4) is 5.75 Å². The molecule has 2 unspecified atom stereocenters. The van der Waals surface area contributed by atoms with E-state index in [2.05, 4.69) is 26.1 Å². The molecule has 3 nitrogen and oxygen atoms in total. The first-order chi connectivity index (χ1) is 9.02. The molecular formula is C16H27NO2. The van der Waals surface area contributed by atoms with E-state index < -0.39 is 0 Å². The lowest BCUT2D eigenvalue weighted by Gasteiger charge is -2.26. The van der Waals surface area contributed by atoms with Gasteiger partial charge in [0, 0.05) is 19.2 Å². The molecule has 0 aliphatic carbocycles. The van der Waals surface area contributed by atoms with E-state index in [1.807, 2.05) is 12.1 Å². The van der Waals surface area contributed by atoms with Crippen molar-refractivity contribution in [1.29, 1.82) is 0 Å². The van der Waals surface area contributed by atoms with Crippen molar-refractivity contribution < 1.29 is 9.84 Å². The van der Waals surface area contributed by atoms with E-state index >= 15 is 0 Å². The fourth-order valence-corrected chi connectivity index (χ4v) is 2.11. The average molecular weight is 265 g/mol. The number of aryl methyl sites for hydroxylation is 1. The van der Waals surface area contributed by atoms with Crippen LogP contribution in [0.5, 0.6) is 5.75 Å². The maximum Gasteiger partial charge on any atom is 0.115 e. The summed E-state index contributed by atoms with van der Waals surface area (Å²) in [5.41, 5.74) is 1.26. The summed E-state index contributed by atoms with van der Waals surface area (Å²) in [7, 11) is 1.75. The van der Waals surface area contributed by atoms with Crippen LogP contribution in [-0.2, 0) is 11.2 Å². The van der Waals surface area contributed by atoms with Crippen LogP contribution in [0, 0.1) is 5.92 Å². The van der Waals surface area contributed by atoms with Gasteiger partial charge < -0.3 is 15.2 Å². The van der Waals surface area contributed by atoms with Crippen LogP contribution in [0.2, 0.25) is 0 Å². The highest BCUT2D eigenvalue weighted by atomic mass is 16.5. The van der Waals surface area contributed by atoms with Crippen LogP contribution in [0.4, 0.5) is 0 Å². The fourth-order valence-electron chi connectivity index (χ4n) is 2.11. The molecule has 1 aromatic carbocycles. The third-order valence-electron chi connectivity index (χ3n) is 3.45. The standard InChI is InChI=1S/C16H27NO2/c1-12(2)16(11-19-4)17-13(3)5-6-14-7-9-15(18)10-8-14/h7-10,12-13,16-18H,5-6,11H2,1-4H3. The summed E-state index contributed by atoms with van der Waals surface area (Å²) in [5.74, 6) is 0.894. The number of aromatic hydroxyl groups is 1. The van der Waals surface area contributed by atoms with Crippen LogP contribution in [-0.4, -0.2) is 30.9 Å². The van der Waals surface area contributed by atoms with Gasteiger partial charge in [-0.25, -0.2) is 0 Å². The van der Waals surface area contributed by atoms with Crippen molar-refractivity contribution in [3.05, 3.63) is 29.8 Å². The molecule has 0 aromatic heterocycles. The van der Waals surface area contributed by atoms with Crippen LogP contribution in [0.25, 0.3) is 0 Å². The molecule has 2 atom stereocenters. The molecule has 3 heteroatoms. The summed E-state index contributed by atoms with van der Waals surface area (Å²) in [5, 5.41) is 12.9. The maximum absolute atomic E-state index is 9.25. The number of hydrogen-bond acceptors (Lipinski definition) is 3. The molecule has 19 heavy (non-hydrogen) atoms. The molecule has 0 heterocycles. The number of methoxy groups -OCH3 is 1. The number of phenols is 1. The third kappa shape index (κ3) is 6.08. The van der Waals surface area contributed by atoms with Crippen LogP contribution in [0.3, 0.4) is 0 Å². The zero-order valence-electron chi connectivity index (χ0n) is 12.5. The van der Waals surface area contributed by atoms with E-state index in [0.717, 1.165) is 19.4 Å². The lowest BCUT2D eigenvalue weighted by molar-refractivity contribution is 0.140. The Hall–Kier alpha value is -1.06. The van der Waals surface area contributed by atoms with Gasteiger partial charge in [0.1, 0.15) is 5.75 Å². The predicted molar refractivity (Wildman–Crippen MR) is 79.5 cm³/mol. The van der Waals surface area contributed by atoms with Crippen LogP contribution in [0.1, 0.15) is 32.8 Å². The number of benzene rings is 1.